The van der Waals surface area contributed by atoms with Crippen LogP contribution >= 0.6 is 11.5 Å². The Morgan fingerprint density at radius 3 is 2.61 bits per heavy atom. The Hall–Kier alpha value is -1.19. The van der Waals surface area contributed by atoms with Gasteiger partial charge in [-0.1, -0.05) is 26.0 Å². The number of nitrogens with zero attached hydrogens (tertiary/aromatic N) is 1. The Kier molecular flexibility index (Phi) is 4.15. The molecular weight excluding hydrogens is 240 g/mol. The van der Waals surface area contributed by atoms with Crippen molar-refractivity contribution in [2.24, 2.45) is 0 Å². The highest BCUT2D eigenvalue weighted by Gasteiger charge is 2.06. The van der Waals surface area contributed by atoms with Crippen LogP contribution in [0.3, 0.4) is 0 Å². The second-order valence-corrected chi connectivity index (χ2v) is 5.90. The largest absolute Gasteiger partial charge is 0.310 e. The van der Waals surface area contributed by atoms with Crippen molar-refractivity contribution in [3.63, 3.8) is 0 Å². The van der Waals surface area contributed by atoms with Crippen molar-refractivity contribution in [1.82, 2.24) is 9.69 Å². The maximum atomic E-state index is 4.54. The summed E-state index contributed by atoms with van der Waals surface area (Å²) in [4.78, 5) is 1.29. The smallest absolute Gasteiger partial charge is 0.0844 e. The van der Waals surface area contributed by atoms with Crippen molar-refractivity contribution in [1.29, 1.82) is 0 Å². The summed E-state index contributed by atoms with van der Waals surface area (Å²) >= 11 is 1.58. The lowest BCUT2D eigenvalue weighted by Gasteiger charge is -2.04. The van der Waals surface area contributed by atoms with Gasteiger partial charge in [-0.15, -0.1) is 0 Å². The molecule has 0 saturated carbocycles. The summed E-state index contributed by atoms with van der Waals surface area (Å²) in [7, 11) is 0. The zero-order valence-corrected chi connectivity index (χ0v) is 12.3. The lowest BCUT2D eigenvalue weighted by atomic mass is 10.0. The molecule has 0 bridgehead atoms. The topological polar surface area (TPSA) is 24.9 Å². The van der Waals surface area contributed by atoms with E-state index in [1.807, 2.05) is 0 Å². The maximum absolute atomic E-state index is 4.54. The summed E-state index contributed by atoms with van der Waals surface area (Å²) in [6, 6.07) is 9.22. The van der Waals surface area contributed by atoms with Crippen LogP contribution in [0.25, 0.3) is 11.3 Å². The lowest BCUT2D eigenvalue weighted by Crippen LogP contribution is -2.21. The van der Waals surface area contributed by atoms with Crippen molar-refractivity contribution in [3.05, 3.63) is 40.3 Å². The van der Waals surface area contributed by atoms with Crippen LogP contribution in [-0.4, -0.2) is 10.4 Å². The fourth-order valence-electron chi connectivity index (χ4n) is 1.74. The highest BCUT2D eigenvalue weighted by Crippen LogP contribution is 2.24. The van der Waals surface area contributed by atoms with E-state index in [0.29, 0.717) is 6.04 Å². The van der Waals surface area contributed by atoms with Crippen LogP contribution in [0.2, 0.25) is 0 Å². The number of hydrogen-bond acceptors (Lipinski definition) is 3. The Morgan fingerprint density at radius 2 is 1.94 bits per heavy atom. The molecule has 96 valence electrons. The SMILES string of the molecule is Cc1ccc(-c2cc(CNC(C)C)sn2)cc1C. The summed E-state index contributed by atoms with van der Waals surface area (Å²) in [5, 5.41) is 3.42. The van der Waals surface area contributed by atoms with Gasteiger partial charge in [0, 0.05) is 23.0 Å². The minimum Gasteiger partial charge on any atom is -0.310 e. The summed E-state index contributed by atoms with van der Waals surface area (Å²) < 4.78 is 4.54. The summed E-state index contributed by atoms with van der Waals surface area (Å²) in [5.41, 5.74) is 4.95. The molecule has 1 aromatic carbocycles. The Balaban J connectivity index is 2.16. The highest BCUT2D eigenvalue weighted by atomic mass is 32.1. The monoisotopic (exact) mass is 260 g/mol. The molecule has 2 aromatic rings. The molecule has 1 N–H and O–H groups in total. The van der Waals surface area contributed by atoms with Crippen molar-refractivity contribution >= 4 is 11.5 Å². The summed E-state index contributed by atoms with van der Waals surface area (Å²) in [5.74, 6) is 0. The molecule has 0 radical (unpaired) electrons. The van der Waals surface area contributed by atoms with Crippen LogP contribution in [0.15, 0.2) is 24.3 Å². The molecule has 0 aliphatic heterocycles. The third-order valence-electron chi connectivity index (χ3n) is 3.05. The van der Waals surface area contributed by atoms with Crippen molar-refractivity contribution in [3.8, 4) is 11.3 Å². The molecule has 2 rings (SSSR count). The second-order valence-electron chi connectivity index (χ2n) is 5.01. The van der Waals surface area contributed by atoms with E-state index in [1.54, 1.807) is 11.5 Å². The molecule has 0 unspecified atom stereocenters. The molecule has 0 amide bonds. The van der Waals surface area contributed by atoms with E-state index in [2.05, 4.69) is 61.7 Å². The van der Waals surface area contributed by atoms with Gasteiger partial charge in [-0.3, -0.25) is 0 Å². The van der Waals surface area contributed by atoms with E-state index in [-0.39, 0.29) is 0 Å². The van der Waals surface area contributed by atoms with Crippen LogP contribution in [-0.2, 0) is 6.54 Å². The van der Waals surface area contributed by atoms with Gasteiger partial charge in [0.1, 0.15) is 0 Å². The summed E-state index contributed by atoms with van der Waals surface area (Å²) in [6.07, 6.45) is 0. The third-order valence-corrected chi connectivity index (χ3v) is 3.83. The maximum Gasteiger partial charge on any atom is 0.0844 e. The predicted octanol–water partition coefficient (Wildman–Crippen LogP) is 3.92. The molecule has 1 heterocycles. The normalized spacial score (nSPS) is 11.2. The van der Waals surface area contributed by atoms with Crippen LogP contribution in [0.1, 0.15) is 29.9 Å². The predicted molar refractivity (Wildman–Crippen MR) is 79.0 cm³/mol. The van der Waals surface area contributed by atoms with E-state index in [1.165, 1.54) is 21.6 Å². The van der Waals surface area contributed by atoms with Gasteiger partial charge in [0.15, 0.2) is 0 Å². The lowest BCUT2D eigenvalue weighted by molar-refractivity contribution is 0.593. The van der Waals surface area contributed by atoms with E-state index in [4.69, 9.17) is 0 Å². The van der Waals surface area contributed by atoms with Gasteiger partial charge in [-0.2, -0.15) is 4.37 Å². The number of aromatic nitrogens is 1. The minimum absolute atomic E-state index is 0.511. The molecule has 1 aromatic heterocycles. The fraction of sp³-hybridized carbons (Fsp3) is 0.400. The van der Waals surface area contributed by atoms with Crippen LogP contribution in [0, 0.1) is 13.8 Å². The van der Waals surface area contributed by atoms with Gasteiger partial charge >= 0.3 is 0 Å². The molecule has 0 spiro atoms. The molecule has 2 nitrogen and oxygen atoms in total. The Labute approximate surface area is 113 Å². The molecule has 0 saturated heterocycles. The average molecular weight is 260 g/mol. The number of hydrogen-bond donors (Lipinski definition) is 1. The standard InChI is InChI=1S/C15H20N2S/c1-10(2)16-9-14-8-15(17-18-14)13-6-5-11(3)12(4)7-13/h5-8,10,16H,9H2,1-4H3. The number of benzene rings is 1. The van der Waals surface area contributed by atoms with E-state index >= 15 is 0 Å². The third kappa shape index (κ3) is 3.18. The van der Waals surface area contributed by atoms with Crippen LogP contribution in [0.5, 0.6) is 0 Å². The molecule has 0 aliphatic rings. The molecular formula is C15H20N2S. The van der Waals surface area contributed by atoms with E-state index < -0.39 is 0 Å². The molecule has 0 fully saturated rings. The number of aryl methyl sites for hydroxylation is 2. The first-order valence-corrected chi connectivity index (χ1v) is 7.10. The number of nitrogens with one attached hydrogen (secondary N) is 1. The van der Waals surface area contributed by atoms with Crippen LogP contribution < -0.4 is 5.32 Å². The van der Waals surface area contributed by atoms with Gasteiger partial charge in [0.25, 0.3) is 0 Å². The second kappa shape index (κ2) is 5.63. The van der Waals surface area contributed by atoms with Gasteiger partial charge < -0.3 is 5.32 Å². The average Bonchev–Trinajstić information content (AvgIpc) is 2.79. The quantitative estimate of drug-likeness (QED) is 0.901. The fourth-order valence-corrected chi connectivity index (χ4v) is 2.42. The first kappa shape index (κ1) is 13.2. The summed E-state index contributed by atoms with van der Waals surface area (Å²) in [6.45, 7) is 9.50. The first-order valence-electron chi connectivity index (χ1n) is 6.33. The van der Waals surface area contributed by atoms with Gasteiger partial charge in [-0.05, 0) is 48.6 Å². The minimum atomic E-state index is 0.511. The van der Waals surface area contributed by atoms with Crippen molar-refractivity contribution in [2.45, 2.75) is 40.3 Å². The Bertz CT molecular complexity index is 529. The highest BCUT2D eigenvalue weighted by molar-refractivity contribution is 7.06. The van der Waals surface area contributed by atoms with Gasteiger partial charge in [0.2, 0.25) is 0 Å². The molecule has 0 aliphatic carbocycles. The zero-order valence-electron chi connectivity index (χ0n) is 11.4. The van der Waals surface area contributed by atoms with Gasteiger partial charge in [0.05, 0.1) is 5.69 Å². The zero-order chi connectivity index (χ0) is 13.1. The molecule has 0 atom stereocenters. The van der Waals surface area contributed by atoms with E-state index in [9.17, 15) is 0 Å². The number of rotatable bonds is 4. The van der Waals surface area contributed by atoms with Crippen molar-refractivity contribution in [2.75, 3.05) is 0 Å². The molecule has 3 heteroatoms. The van der Waals surface area contributed by atoms with E-state index in [0.717, 1.165) is 12.2 Å². The first-order chi connectivity index (χ1) is 8.56. The van der Waals surface area contributed by atoms with Crippen molar-refractivity contribution < 1.29 is 0 Å². The molecule has 18 heavy (non-hydrogen) atoms. The Morgan fingerprint density at radius 1 is 1.17 bits per heavy atom. The van der Waals surface area contributed by atoms with Gasteiger partial charge in [-0.25, -0.2) is 0 Å². The van der Waals surface area contributed by atoms with Crippen LogP contribution in [0.4, 0.5) is 0 Å².